The summed E-state index contributed by atoms with van der Waals surface area (Å²) in [7, 11) is 2.02. The second-order valence-corrected chi connectivity index (χ2v) is 4.61. The van der Waals surface area contributed by atoms with Crippen molar-refractivity contribution in [1.82, 2.24) is 4.98 Å². The van der Waals surface area contributed by atoms with Crippen LogP contribution in [0.15, 0.2) is 47.2 Å². The maximum absolute atomic E-state index is 5.65. The number of hydrogen-bond acceptors (Lipinski definition) is 3. The smallest absolute Gasteiger partial charge is 0.0595 e. The molecule has 0 aliphatic heterocycles. The highest BCUT2D eigenvalue weighted by molar-refractivity contribution is 9.10. The molecule has 0 atom stereocenters. The molecule has 0 bridgehead atoms. The molecule has 2 N–H and O–H groups in total. The highest BCUT2D eigenvalue weighted by atomic mass is 79.9. The zero-order valence-electron chi connectivity index (χ0n) is 9.60. The Balaban J connectivity index is 2.37. The topological polar surface area (TPSA) is 42.1 Å². The van der Waals surface area contributed by atoms with Gasteiger partial charge in [-0.15, -0.1) is 0 Å². The zero-order valence-corrected chi connectivity index (χ0v) is 11.2. The molecule has 2 aromatic rings. The van der Waals surface area contributed by atoms with Crippen molar-refractivity contribution in [3.63, 3.8) is 0 Å². The molecule has 0 saturated heterocycles. The van der Waals surface area contributed by atoms with Gasteiger partial charge in [-0.3, -0.25) is 4.98 Å². The molecule has 2 rings (SSSR count). The summed E-state index contributed by atoms with van der Waals surface area (Å²) >= 11 is 3.50. The molecule has 17 heavy (non-hydrogen) atoms. The van der Waals surface area contributed by atoms with Gasteiger partial charge < -0.3 is 10.6 Å². The van der Waals surface area contributed by atoms with Crippen LogP contribution in [0.4, 0.5) is 11.4 Å². The van der Waals surface area contributed by atoms with Crippen molar-refractivity contribution < 1.29 is 0 Å². The van der Waals surface area contributed by atoms with Gasteiger partial charge in [-0.05, 0) is 39.7 Å². The molecule has 0 amide bonds. The third kappa shape index (κ3) is 2.65. The molecule has 1 aromatic carbocycles. The first-order chi connectivity index (χ1) is 8.22. The van der Waals surface area contributed by atoms with Gasteiger partial charge in [0.15, 0.2) is 0 Å². The number of nitrogens with two attached hydrogens (primary N) is 1. The van der Waals surface area contributed by atoms with E-state index in [0.717, 1.165) is 21.4 Å². The van der Waals surface area contributed by atoms with Gasteiger partial charge in [0, 0.05) is 31.7 Å². The van der Waals surface area contributed by atoms with E-state index in [1.807, 2.05) is 25.2 Å². The highest BCUT2D eigenvalue weighted by Gasteiger charge is 2.07. The molecular formula is C13H14BrN3. The van der Waals surface area contributed by atoms with Crippen molar-refractivity contribution in [2.75, 3.05) is 11.9 Å². The van der Waals surface area contributed by atoms with Gasteiger partial charge in [-0.25, -0.2) is 0 Å². The van der Waals surface area contributed by atoms with E-state index in [1.54, 1.807) is 12.4 Å². The largest absolute Gasteiger partial charge is 0.344 e. The molecule has 1 heterocycles. The van der Waals surface area contributed by atoms with E-state index in [2.05, 4.69) is 37.9 Å². The van der Waals surface area contributed by atoms with Crippen LogP contribution in [0.2, 0.25) is 0 Å². The quantitative estimate of drug-likeness (QED) is 0.945. The van der Waals surface area contributed by atoms with Crippen LogP contribution in [0, 0.1) is 0 Å². The van der Waals surface area contributed by atoms with Crippen LogP contribution in [-0.2, 0) is 6.54 Å². The van der Waals surface area contributed by atoms with Crippen molar-refractivity contribution in [3.8, 4) is 0 Å². The summed E-state index contributed by atoms with van der Waals surface area (Å²) in [6.07, 6.45) is 3.57. The third-order valence-corrected chi connectivity index (χ3v) is 3.26. The average Bonchev–Trinajstić information content (AvgIpc) is 2.38. The van der Waals surface area contributed by atoms with Crippen LogP contribution < -0.4 is 10.6 Å². The molecule has 1 aromatic heterocycles. The fourth-order valence-electron chi connectivity index (χ4n) is 1.67. The van der Waals surface area contributed by atoms with E-state index < -0.39 is 0 Å². The number of halogens is 1. The molecule has 0 fully saturated rings. The number of benzene rings is 1. The number of anilines is 2. The SMILES string of the molecule is CN(c1cccc(CN)c1)c1ccncc1Br. The van der Waals surface area contributed by atoms with E-state index in [-0.39, 0.29) is 0 Å². The molecule has 0 spiro atoms. The van der Waals surface area contributed by atoms with Gasteiger partial charge in [0.2, 0.25) is 0 Å². The molecular weight excluding hydrogens is 278 g/mol. The van der Waals surface area contributed by atoms with Crippen LogP contribution in [-0.4, -0.2) is 12.0 Å². The van der Waals surface area contributed by atoms with Gasteiger partial charge in [0.1, 0.15) is 0 Å². The second-order valence-electron chi connectivity index (χ2n) is 3.76. The lowest BCUT2D eigenvalue weighted by atomic mass is 10.2. The fourth-order valence-corrected chi connectivity index (χ4v) is 2.19. The maximum Gasteiger partial charge on any atom is 0.0595 e. The zero-order chi connectivity index (χ0) is 12.3. The molecule has 0 aliphatic rings. The summed E-state index contributed by atoms with van der Waals surface area (Å²) in [4.78, 5) is 6.16. The van der Waals surface area contributed by atoms with E-state index in [9.17, 15) is 0 Å². The van der Waals surface area contributed by atoms with Crippen LogP contribution in [0.3, 0.4) is 0 Å². The molecule has 88 valence electrons. The van der Waals surface area contributed by atoms with Gasteiger partial charge in [0.25, 0.3) is 0 Å². The van der Waals surface area contributed by atoms with E-state index in [1.165, 1.54) is 0 Å². The number of hydrogen-bond donors (Lipinski definition) is 1. The van der Waals surface area contributed by atoms with E-state index in [4.69, 9.17) is 5.73 Å². The predicted octanol–water partition coefficient (Wildman–Crippen LogP) is 3.07. The Kier molecular flexibility index (Phi) is 3.76. The van der Waals surface area contributed by atoms with Gasteiger partial charge in [-0.1, -0.05) is 12.1 Å². The maximum atomic E-state index is 5.65. The lowest BCUT2D eigenvalue weighted by Crippen LogP contribution is -2.10. The normalized spacial score (nSPS) is 10.3. The third-order valence-electron chi connectivity index (χ3n) is 2.65. The van der Waals surface area contributed by atoms with Gasteiger partial charge in [0.05, 0.1) is 10.2 Å². The van der Waals surface area contributed by atoms with Gasteiger partial charge >= 0.3 is 0 Å². The van der Waals surface area contributed by atoms with Crippen molar-refractivity contribution in [2.45, 2.75) is 6.54 Å². The molecule has 0 saturated carbocycles. The van der Waals surface area contributed by atoms with Crippen molar-refractivity contribution in [1.29, 1.82) is 0 Å². The summed E-state index contributed by atoms with van der Waals surface area (Å²) in [5, 5.41) is 0. The first kappa shape index (κ1) is 12.1. The summed E-state index contributed by atoms with van der Waals surface area (Å²) in [5.41, 5.74) is 8.96. The monoisotopic (exact) mass is 291 g/mol. The number of pyridine rings is 1. The fraction of sp³-hybridized carbons (Fsp3) is 0.154. The van der Waals surface area contributed by atoms with Crippen LogP contribution in [0.1, 0.15) is 5.56 Å². The minimum atomic E-state index is 0.555. The molecule has 4 heteroatoms. The highest BCUT2D eigenvalue weighted by Crippen LogP contribution is 2.29. The van der Waals surface area contributed by atoms with E-state index in [0.29, 0.717) is 6.54 Å². The number of nitrogens with zero attached hydrogens (tertiary/aromatic N) is 2. The lowest BCUT2D eigenvalue weighted by molar-refractivity contribution is 1.06. The summed E-state index contributed by atoms with van der Waals surface area (Å²) in [6, 6.07) is 10.2. The van der Waals surface area contributed by atoms with Crippen LogP contribution >= 0.6 is 15.9 Å². The predicted molar refractivity (Wildman–Crippen MR) is 74.3 cm³/mol. The summed E-state index contributed by atoms with van der Waals surface area (Å²) < 4.78 is 0.973. The Morgan fingerprint density at radius 3 is 2.88 bits per heavy atom. The summed E-state index contributed by atoms with van der Waals surface area (Å²) in [6.45, 7) is 0.555. The number of rotatable bonds is 3. The average molecular weight is 292 g/mol. The second kappa shape index (κ2) is 5.29. The Hall–Kier alpha value is -1.39. The summed E-state index contributed by atoms with van der Waals surface area (Å²) in [5.74, 6) is 0. The van der Waals surface area contributed by atoms with Crippen LogP contribution in [0.5, 0.6) is 0 Å². The first-order valence-electron chi connectivity index (χ1n) is 5.34. The van der Waals surface area contributed by atoms with Crippen molar-refractivity contribution >= 4 is 27.3 Å². The first-order valence-corrected chi connectivity index (χ1v) is 6.14. The number of aromatic nitrogens is 1. The van der Waals surface area contributed by atoms with Gasteiger partial charge in [-0.2, -0.15) is 0 Å². The lowest BCUT2D eigenvalue weighted by Gasteiger charge is -2.21. The van der Waals surface area contributed by atoms with Crippen molar-refractivity contribution in [2.24, 2.45) is 5.73 Å². The van der Waals surface area contributed by atoms with E-state index >= 15 is 0 Å². The molecule has 0 aliphatic carbocycles. The minimum absolute atomic E-state index is 0.555. The Morgan fingerprint density at radius 2 is 2.18 bits per heavy atom. The standard InChI is InChI=1S/C13H14BrN3/c1-17(13-5-6-16-9-12(13)14)11-4-2-3-10(7-11)8-15/h2-7,9H,8,15H2,1H3. The molecule has 0 radical (unpaired) electrons. The minimum Gasteiger partial charge on any atom is -0.344 e. The molecule has 0 unspecified atom stereocenters. The van der Waals surface area contributed by atoms with Crippen molar-refractivity contribution in [3.05, 3.63) is 52.8 Å². The Bertz CT molecular complexity index is 514. The molecule has 3 nitrogen and oxygen atoms in total. The Labute approximate surface area is 109 Å². The Morgan fingerprint density at radius 1 is 1.35 bits per heavy atom. The van der Waals surface area contributed by atoms with Crippen LogP contribution in [0.25, 0.3) is 0 Å².